The van der Waals surface area contributed by atoms with Crippen molar-refractivity contribution in [2.24, 2.45) is 0 Å². The molecular formula is C17H20ClN3OS. The molecule has 4 nitrogen and oxygen atoms in total. The van der Waals surface area contributed by atoms with E-state index in [1.807, 2.05) is 41.6 Å². The summed E-state index contributed by atoms with van der Waals surface area (Å²) in [6.07, 6.45) is 2.55. The third-order valence-electron chi connectivity index (χ3n) is 4.17. The molecule has 2 aromatic rings. The Morgan fingerprint density at radius 2 is 2.30 bits per heavy atom. The molecule has 1 unspecified atom stereocenters. The van der Waals surface area contributed by atoms with E-state index in [4.69, 9.17) is 11.6 Å². The smallest absolute Gasteiger partial charge is 0.228 e. The molecule has 0 radical (unpaired) electrons. The van der Waals surface area contributed by atoms with E-state index in [2.05, 4.69) is 10.3 Å². The molecule has 1 atom stereocenters. The Bertz CT molecular complexity index is 688. The number of benzene rings is 1. The molecule has 1 aliphatic rings. The van der Waals surface area contributed by atoms with Crippen LogP contribution in [0.15, 0.2) is 29.6 Å². The zero-order valence-corrected chi connectivity index (χ0v) is 14.7. The molecule has 3 rings (SSSR count). The van der Waals surface area contributed by atoms with Crippen LogP contribution in [0.5, 0.6) is 0 Å². The van der Waals surface area contributed by atoms with Gasteiger partial charge in [0.25, 0.3) is 0 Å². The average molecular weight is 350 g/mol. The molecule has 1 saturated heterocycles. The predicted molar refractivity (Wildman–Crippen MR) is 94.9 cm³/mol. The van der Waals surface area contributed by atoms with Crippen molar-refractivity contribution in [3.63, 3.8) is 0 Å². The number of amides is 1. The topological polar surface area (TPSA) is 45.2 Å². The van der Waals surface area contributed by atoms with E-state index in [0.717, 1.165) is 42.2 Å². The second-order valence-electron chi connectivity index (χ2n) is 5.77. The molecular weight excluding hydrogens is 330 g/mol. The van der Waals surface area contributed by atoms with Crippen molar-refractivity contribution < 1.29 is 4.79 Å². The Hall–Kier alpha value is -1.43. The molecule has 1 fully saturated rings. The Morgan fingerprint density at radius 1 is 1.48 bits per heavy atom. The van der Waals surface area contributed by atoms with E-state index >= 15 is 0 Å². The van der Waals surface area contributed by atoms with Crippen molar-refractivity contribution in [2.45, 2.75) is 25.3 Å². The summed E-state index contributed by atoms with van der Waals surface area (Å²) in [5, 5.41) is 6.77. The highest BCUT2D eigenvalue weighted by molar-refractivity contribution is 7.13. The van der Waals surface area contributed by atoms with E-state index in [-0.39, 0.29) is 5.91 Å². The first-order valence-corrected chi connectivity index (χ1v) is 9.07. The maximum atomic E-state index is 12.5. The lowest BCUT2D eigenvalue weighted by atomic mass is 10.1. The van der Waals surface area contributed by atoms with Crippen LogP contribution in [0, 0.1) is 0 Å². The van der Waals surface area contributed by atoms with E-state index in [1.165, 1.54) is 11.3 Å². The molecule has 6 heteroatoms. The van der Waals surface area contributed by atoms with Crippen molar-refractivity contribution >= 4 is 28.8 Å². The Balaban J connectivity index is 1.67. The Kier molecular flexibility index (Phi) is 5.30. The minimum Gasteiger partial charge on any atom is -0.341 e. The minimum absolute atomic E-state index is 0.154. The van der Waals surface area contributed by atoms with Crippen molar-refractivity contribution in [1.82, 2.24) is 15.2 Å². The van der Waals surface area contributed by atoms with E-state index in [1.54, 1.807) is 0 Å². The lowest BCUT2D eigenvalue weighted by molar-refractivity contribution is -0.131. The normalized spacial score (nSPS) is 18.2. The average Bonchev–Trinajstić information content (AvgIpc) is 3.03. The fourth-order valence-corrected chi connectivity index (χ4v) is 3.99. The molecule has 0 bridgehead atoms. The predicted octanol–water partition coefficient (Wildman–Crippen LogP) is 3.22. The first-order chi connectivity index (χ1) is 11.2. The van der Waals surface area contributed by atoms with Crippen molar-refractivity contribution in [3.05, 3.63) is 40.4 Å². The number of likely N-dealkylation sites (N-methyl/N-ethyl adjacent to an activating group) is 1. The molecule has 1 N–H and O–H groups in total. The largest absolute Gasteiger partial charge is 0.341 e. The minimum atomic E-state index is 0.154. The number of hydrogen-bond acceptors (Lipinski definition) is 4. The summed E-state index contributed by atoms with van der Waals surface area (Å²) >= 11 is 7.74. The van der Waals surface area contributed by atoms with Crippen LogP contribution in [0.2, 0.25) is 5.02 Å². The number of aromatic nitrogens is 1. The van der Waals surface area contributed by atoms with Crippen LogP contribution < -0.4 is 5.32 Å². The van der Waals surface area contributed by atoms with Gasteiger partial charge in [0.15, 0.2) is 0 Å². The summed E-state index contributed by atoms with van der Waals surface area (Å²) in [7, 11) is 1.95. The van der Waals surface area contributed by atoms with Crippen LogP contribution in [0.25, 0.3) is 10.6 Å². The molecule has 1 amide bonds. The molecule has 1 aromatic carbocycles. The number of carbonyl (C=O) groups is 1. The van der Waals surface area contributed by atoms with E-state index in [0.29, 0.717) is 17.5 Å². The van der Waals surface area contributed by atoms with E-state index < -0.39 is 0 Å². The maximum Gasteiger partial charge on any atom is 0.228 e. The monoisotopic (exact) mass is 349 g/mol. The number of hydrogen-bond donors (Lipinski definition) is 1. The third-order valence-corrected chi connectivity index (χ3v) is 5.42. The van der Waals surface area contributed by atoms with Crippen LogP contribution >= 0.6 is 22.9 Å². The second kappa shape index (κ2) is 7.43. The molecule has 23 heavy (non-hydrogen) atoms. The lowest BCUT2D eigenvalue weighted by Gasteiger charge is -2.32. The van der Waals surface area contributed by atoms with Gasteiger partial charge in [-0.3, -0.25) is 4.79 Å². The van der Waals surface area contributed by atoms with Gasteiger partial charge < -0.3 is 10.2 Å². The summed E-state index contributed by atoms with van der Waals surface area (Å²) in [5.41, 5.74) is 1.74. The molecule has 0 aliphatic carbocycles. The van der Waals surface area contributed by atoms with Gasteiger partial charge in [-0.05, 0) is 26.0 Å². The third kappa shape index (κ3) is 3.91. The van der Waals surface area contributed by atoms with Gasteiger partial charge >= 0.3 is 0 Å². The number of nitrogens with one attached hydrogen (secondary N) is 1. The number of carbonyl (C=O) groups excluding carboxylic acids is 1. The molecule has 0 spiro atoms. The molecule has 0 saturated carbocycles. The SMILES string of the molecule is CNC1CCCN(C(=O)Cc2csc(-c3ccccc3Cl)n2)C1. The Labute approximate surface area is 145 Å². The first-order valence-electron chi connectivity index (χ1n) is 7.81. The van der Waals surface area contributed by atoms with Crippen molar-refractivity contribution in [1.29, 1.82) is 0 Å². The number of piperidine rings is 1. The van der Waals surface area contributed by atoms with Crippen LogP contribution in [-0.2, 0) is 11.2 Å². The number of likely N-dealkylation sites (tertiary alicyclic amines) is 1. The molecule has 1 aliphatic heterocycles. The zero-order chi connectivity index (χ0) is 16.2. The van der Waals surface area contributed by atoms with Crippen molar-refractivity contribution in [2.75, 3.05) is 20.1 Å². The second-order valence-corrected chi connectivity index (χ2v) is 7.03. The van der Waals surface area contributed by atoms with Crippen LogP contribution in [0.1, 0.15) is 18.5 Å². The summed E-state index contributed by atoms with van der Waals surface area (Å²) in [4.78, 5) is 19.0. The van der Waals surface area contributed by atoms with Gasteiger partial charge in [-0.25, -0.2) is 4.98 Å². The van der Waals surface area contributed by atoms with Crippen LogP contribution in [0.4, 0.5) is 0 Å². The van der Waals surface area contributed by atoms with Gasteiger partial charge in [0.1, 0.15) is 5.01 Å². The molecule has 122 valence electrons. The number of nitrogens with zero attached hydrogens (tertiary/aromatic N) is 2. The standard InChI is InChI=1S/C17H20ClN3OS/c1-19-12-5-4-8-21(10-12)16(22)9-13-11-23-17(20-13)14-6-2-3-7-15(14)18/h2-3,6-7,11-12,19H,4-5,8-10H2,1H3. The molecule has 1 aromatic heterocycles. The summed E-state index contributed by atoms with van der Waals surface area (Å²) in [5.74, 6) is 0.154. The number of rotatable bonds is 4. The quantitative estimate of drug-likeness (QED) is 0.921. The van der Waals surface area contributed by atoms with Gasteiger partial charge in [-0.15, -0.1) is 11.3 Å². The van der Waals surface area contributed by atoms with Gasteiger partial charge in [0.05, 0.1) is 17.1 Å². The zero-order valence-electron chi connectivity index (χ0n) is 13.1. The summed E-state index contributed by atoms with van der Waals surface area (Å²) < 4.78 is 0. The molecule has 2 heterocycles. The Morgan fingerprint density at radius 3 is 3.09 bits per heavy atom. The summed E-state index contributed by atoms with van der Waals surface area (Å²) in [6.45, 7) is 1.63. The van der Waals surface area contributed by atoms with E-state index in [9.17, 15) is 4.79 Å². The van der Waals surface area contributed by atoms with Gasteiger partial charge in [-0.1, -0.05) is 29.8 Å². The van der Waals surface area contributed by atoms with Crippen molar-refractivity contribution in [3.8, 4) is 10.6 Å². The fraction of sp³-hybridized carbons (Fsp3) is 0.412. The summed E-state index contributed by atoms with van der Waals surface area (Å²) in [6, 6.07) is 8.06. The lowest BCUT2D eigenvalue weighted by Crippen LogP contribution is -2.47. The van der Waals surface area contributed by atoms with Gasteiger partial charge in [0.2, 0.25) is 5.91 Å². The van der Waals surface area contributed by atoms with Crippen LogP contribution in [0.3, 0.4) is 0 Å². The highest BCUT2D eigenvalue weighted by Gasteiger charge is 2.23. The first kappa shape index (κ1) is 16.4. The number of thiazole rings is 1. The highest BCUT2D eigenvalue weighted by atomic mass is 35.5. The fourth-order valence-electron chi connectivity index (χ4n) is 2.85. The number of halogens is 1. The van der Waals surface area contributed by atoms with Gasteiger partial charge in [-0.2, -0.15) is 0 Å². The van der Waals surface area contributed by atoms with Crippen LogP contribution in [-0.4, -0.2) is 42.0 Å². The maximum absolute atomic E-state index is 12.5. The van der Waals surface area contributed by atoms with Gasteiger partial charge in [0, 0.05) is 30.1 Å². The highest BCUT2D eigenvalue weighted by Crippen LogP contribution is 2.30.